The van der Waals surface area contributed by atoms with Crippen LogP contribution in [-0.2, 0) is 6.18 Å². The van der Waals surface area contributed by atoms with E-state index in [9.17, 15) is 37.8 Å². The summed E-state index contributed by atoms with van der Waals surface area (Å²) in [5, 5.41) is 21.5. The zero-order valence-electron chi connectivity index (χ0n) is 11.4. The Hall–Kier alpha value is -3.24. The van der Waals surface area contributed by atoms with Gasteiger partial charge < -0.3 is 4.74 Å². The van der Waals surface area contributed by atoms with Crippen molar-refractivity contribution in [1.29, 1.82) is 0 Å². The zero-order chi connectivity index (χ0) is 18.1. The Labute approximate surface area is 130 Å². The molecule has 2 aromatic rings. The largest absolute Gasteiger partial charge is 0.454 e. The summed E-state index contributed by atoms with van der Waals surface area (Å²) in [6.45, 7) is 0. The summed E-state index contributed by atoms with van der Waals surface area (Å²) in [6, 6.07) is 3.88. The Balaban J connectivity index is 2.37. The van der Waals surface area contributed by atoms with Crippen LogP contribution in [0.25, 0.3) is 0 Å². The molecule has 2 rings (SSSR count). The average molecular weight is 346 g/mol. The van der Waals surface area contributed by atoms with Crippen molar-refractivity contribution in [1.82, 2.24) is 0 Å². The maximum Gasteiger partial charge on any atom is 0.416 e. The number of hydrogen-bond acceptors (Lipinski definition) is 5. The van der Waals surface area contributed by atoms with E-state index in [1.165, 1.54) is 0 Å². The van der Waals surface area contributed by atoms with Gasteiger partial charge in [-0.25, -0.2) is 4.39 Å². The molecule has 0 fully saturated rings. The quantitative estimate of drug-likeness (QED) is 0.463. The van der Waals surface area contributed by atoms with Crippen molar-refractivity contribution < 1.29 is 32.1 Å². The normalized spacial score (nSPS) is 11.2. The topological polar surface area (TPSA) is 95.5 Å². The van der Waals surface area contributed by atoms with Gasteiger partial charge in [-0.3, -0.25) is 20.2 Å². The predicted molar refractivity (Wildman–Crippen MR) is 71.2 cm³/mol. The Morgan fingerprint density at radius 2 is 1.54 bits per heavy atom. The molecule has 0 aromatic heterocycles. The van der Waals surface area contributed by atoms with Gasteiger partial charge >= 0.3 is 17.6 Å². The number of hydrogen-bond donors (Lipinski definition) is 0. The monoisotopic (exact) mass is 346 g/mol. The molecule has 0 saturated heterocycles. The van der Waals surface area contributed by atoms with E-state index in [0.717, 1.165) is 12.1 Å². The van der Waals surface area contributed by atoms with E-state index in [0.29, 0.717) is 18.2 Å². The minimum absolute atomic E-state index is 0.204. The highest BCUT2D eigenvalue weighted by molar-refractivity contribution is 5.56. The number of nitro groups is 2. The molecule has 11 heteroatoms. The van der Waals surface area contributed by atoms with Crippen LogP contribution in [0.5, 0.6) is 11.5 Å². The van der Waals surface area contributed by atoms with Gasteiger partial charge in [-0.05, 0) is 24.3 Å². The molecule has 0 saturated carbocycles. The number of nitrogens with zero attached hydrogens (tertiary/aromatic N) is 2. The van der Waals surface area contributed by atoms with E-state index in [1.54, 1.807) is 0 Å². The molecule has 7 nitrogen and oxygen atoms in total. The van der Waals surface area contributed by atoms with E-state index < -0.39 is 44.5 Å². The van der Waals surface area contributed by atoms with Crippen molar-refractivity contribution >= 4 is 11.4 Å². The van der Waals surface area contributed by atoms with E-state index >= 15 is 0 Å². The lowest BCUT2D eigenvalue weighted by Gasteiger charge is -2.10. The van der Waals surface area contributed by atoms with Crippen LogP contribution >= 0.6 is 0 Å². The Bertz CT molecular complexity index is 822. The minimum atomic E-state index is -4.74. The predicted octanol–water partition coefficient (Wildman–Crippen LogP) is 4.45. The lowest BCUT2D eigenvalue weighted by Crippen LogP contribution is -2.05. The third-order valence-corrected chi connectivity index (χ3v) is 2.83. The summed E-state index contributed by atoms with van der Waals surface area (Å²) in [5.41, 5.74) is -2.94. The van der Waals surface area contributed by atoms with Crippen molar-refractivity contribution in [2.24, 2.45) is 0 Å². The number of nitro benzene ring substituents is 2. The molecule has 0 aliphatic heterocycles. The maximum atomic E-state index is 13.7. The summed E-state index contributed by atoms with van der Waals surface area (Å²) in [6.07, 6.45) is -4.74. The molecule has 0 bridgehead atoms. The van der Waals surface area contributed by atoms with Crippen LogP contribution in [0.15, 0.2) is 36.4 Å². The van der Waals surface area contributed by atoms with Gasteiger partial charge in [0.15, 0.2) is 11.6 Å². The van der Waals surface area contributed by atoms with Gasteiger partial charge in [0.1, 0.15) is 5.75 Å². The van der Waals surface area contributed by atoms with Crippen molar-refractivity contribution in [3.05, 3.63) is 68.0 Å². The number of benzene rings is 2. The summed E-state index contributed by atoms with van der Waals surface area (Å²) in [5.74, 6) is -2.30. The first-order chi connectivity index (χ1) is 11.1. The first kappa shape index (κ1) is 17.1. The van der Waals surface area contributed by atoms with Gasteiger partial charge in [0.05, 0.1) is 21.5 Å². The minimum Gasteiger partial charge on any atom is -0.454 e. The number of rotatable bonds is 4. The van der Waals surface area contributed by atoms with Crippen LogP contribution in [0.3, 0.4) is 0 Å². The highest BCUT2D eigenvalue weighted by atomic mass is 19.4. The molecule has 126 valence electrons. The molecular formula is C13H6F4N2O5. The Morgan fingerprint density at radius 1 is 0.917 bits per heavy atom. The lowest BCUT2D eigenvalue weighted by molar-refractivity contribution is -0.422. The van der Waals surface area contributed by atoms with Crippen molar-refractivity contribution in [3.8, 4) is 11.5 Å². The smallest absolute Gasteiger partial charge is 0.416 e. The number of alkyl halides is 3. The van der Waals surface area contributed by atoms with E-state index in [2.05, 4.69) is 0 Å². The van der Waals surface area contributed by atoms with Crippen LogP contribution in [-0.4, -0.2) is 9.85 Å². The molecule has 0 aliphatic carbocycles. The lowest BCUT2D eigenvalue weighted by atomic mass is 10.2. The van der Waals surface area contributed by atoms with Crippen molar-refractivity contribution in [2.75, 3.05) is 0 Å². The molecule has 0 spiro atoms. The highest BCUT2D eigenvalue weighted by Gasteiger charge is 2.31. The molecule has 2 aromatic carbocycles. The van der Waals surface area contributed by atoms with Gasteiger partial charge in [0.2, 0.25) is 0 Å². The molecule has 0 radical (unpaired) electrons. The molecule has 24 heavy (non-hydrogen) atoms. The second-order valence-electron chi connectivity index (χ2n) is 4.41. The van der Waals surface area contributed by atoms with Gasteiger partial charge in [-0.1, -0.05) is 0 Å². The zero-order valence-corrected chi connectivity index (χ0v) is 11.4. The third kappa shape index (κ3) is 3.56. The average Bonchev–Trinajstić information content (AvgIpc) is 2.47. The Kier molecular flexibility index (Phi) is 4.35. The molecule has 0 atom stereocenters. The summed E-state index contributed by atoms with van der Waals surface area (Å²) in [7, 11) is 0. The standard InChI is InChI=1S/C13H6F4N2O5/c14-9-5-7(13(15,16)17)1-4-12(9)24-8-2-3-10(18(20)21)11(6-8)19(22)23/h1-6H. The van der Waals surface area contributed by atoms with E-state index in [-0.39, 0.29) is 11.8 Å². The first-order valence-electron chi connectivity index (χ1n) is 6.07. The van der Waals surface area contributed by atoms with Crippen LogP contribution in [0.1, 0.15) is 5.56 Å². The van der Waals surface area contributed by atoms with Crippen LogP contribution in [0.4, 0.5) is 28.9 Å². The molecule has 0 heterocycles. The van der Waals surface area contributed by atoms with Gasteiger partial charge in [-0.2, -0.15) is 13.2 Å². The van der Waals surface area contributed by atoms with Crippen LogP contribution < -0.4 is 4.74 Å². The van der Waals surface area contributed by atoms with Crippen LogP contribution in [0, 0.1) is 26.0 Å². The highest BCUT2D eigenvalue weighted by Crippen LogP contribution is 2.36. The van der Waals surface area contributed by atoms with Gasteiger partial charge in [-0.15, -0.1) is 0 Å². The van der Waals surface area contributed by atoms with E-state index in [4.69, 9.17) is 4.74 Å². The molecule has 0 amide bonds. The van der Waals surface area contributed by atoms with Crippen LogP contribution in [0.2, 0.25) is 0 Å². The fraction of sp³-hybridized carbons (Fsp3) is 0.0769. The SMILES string of the molecule is O=[N+]([O-])c1ccc(Oc2ccc(C(F)(F)F)cc2F)cc1[N+](=O)[O-]. The summed E-state index contributed by atoms with van der Waals surface area (Å²) >= 11 is 0. The number of halogens is 4. The molecular weight excluding hydrogens is 340 g/mol. The van der Waals surface area contributed by atoms with E-state index in [1.807, 2.05) is 0 Å². The van der Waals surface area contributed by atoms with Crippen molar-refractivity contribution in [3.63, 3.8) is 0 Å². The second kappa shape index (κ2) is 6.10. The fourth-order valence-corrected chi connectivity index (χ4v) is 1.75. The van der Waals surface area contributed by atoms with Gasteiger partial charge in [0.25, 0.3) is 0 Å². The molecule has 0 unspecified atom stereocenters. The summed E-state index contributed by atoms with van der Waals surface area (Å²) in [4.78, 5) is 19.5. The second-order valence-corrected chi connectivity index (χ2v) is 4.41. The maximum absolute atomic E-state index is 13.7. The summed E-state index contributed by atoms with van der Waals surface area (Å²) < 4.78 is 55.9. The van der Waals surface area contributed by atoms with Crippen molar-refractivity contribution in [2.45, 2.75) is 6.18 Å². The molecule has 0 N–H and O–H groups in total. The molecule has 0 aliphatic rings. The first-order valence-corrected chi connectivity index (χ1v) is 6.07. The third-order valence-electron chi connectivity index (χ3n) is 2.83. The fourth-order valence-electron chi connectivity index (χ4n) is 1.75. The van der Waals surface area contributed by atoms with Gasteiger partial charge in [0, 0.05) is 6.07 Å². The number of ether oxygens (including phenoxy) is 1. The Morgan fingerprint density at radius 3 is 2.04 bits per heavy atom.